The van der Waals surface area contributed by atoms with Gasteiger partial charge >= 0.3 is 0 Å². The zero-order valence-corrected chi connectivity index (χ0v) is 15.1. The molecule has 0 aliphatic rings. The Morgan fingerprint density at radius 2 is 2.04 bits per heavy atom. The SMILES string of the molecule is C[C@@H](c1cccnc1)N(CCN(C)C)C(=S)Nc1cccc(F)c1. The number of anilines is 1. The minimum absolute atomic E-state index is 0.0622. The highest BCUT2D eigenvalue weighted by Crippen LogP contribution is 2.21. The molecule has 0 saturated carbocycles. The van der Waals surface area contributed by atoms with Crippen molar-refractivity contribution < 1.29 is 4.39 Å². The van der Waals surface area contributed by atoms with Crippen molar-refractivity contribution in [3.05, 3.63) is 60.2 Å². The molecular formula is C18H23FN4S. The van der Waals surface area contributed by atoms with E-state index in [0.717, 1.165) is 18.7 Å². The second kappa shape index (κ2) is 8.70. The molecule has 1 atom stereocenters. The molecule has 0 spiro atoms. The van der Waals surface area contributed by atoms with Gasteiger partial charge in [0.1, 0.15) is 5.82 Å². The molecule has 0 saturated heterocycles. The zero-order chi connectivity index (χ0) is 17.5. The summed E-state index contributed by atoms with van der Waals surface area (Å²) in [6.07, 6.45) is 3.60. The van der Waals surface area contributed by atoms with Crippen molar-refractivity contribution in [2.24, 2.45) is 0 Å². The predicted octanol–water partition coefficient (Wildman–Crippen LogP) is 3.54. The van der Waals surface area contributed by atoms with E-state index in [9.17, 15) is 4.39 Å². The fraction of sp³-hybridized carbons (Fsp3) is 0.333. The summed E-state index contributed by atoms with van der Waals surface area (Å²) in [5.41, 5.74) is 1.73. The van der Waals surface area contributed by atoms with Crippen LogP contribution in [0, 0.1) is 5.82 Å². The van der Waals surface area contributed by atoms with Crippen LogP contribution in [0.4, 0.5) is 10.1 Å². The van der Waals surface area contributed by atoms with Crippen LogP contribution in [0.25, 0.3) is 0 Å². The van der Waals surface area contributed by atoms with Gasteiger partial charge in [0, 0.05) is 31.2 Å². The first-order chi connectivity index (χ1) is 11.5. The van der Waals surface area contributed by atoms with E-state index < -0.39 is 0 Å². The number of benzene rings is 1. The summed E-state index contributed by atoms with van der Waals surface area (Å²) in [4.78, 5) is 8.39. The van der Waals surface area contributed by atoms with Crippen LogP contribution in [-0.4, -0.2) is 47.1 Å². The fourth-order valence-corrected chi connectivity index (χ4v) is 2.71. The van der Waals surface area contributed by atoms with Gasteiger partial charge in [0.25, 0.3) is 0 Å². The normalized spacial score (nSPS) is 12.0. The maximum absolute atomic E-state index is 13.4. The number of aromatic nitrogens is 1. The number of halogens is 1. The lowest BCUT2D eigenvalue weighted by Crippen LogP contribution is -2.40. The maximum Gasteiger partial charge on any atom is 0.173 e. The Labute approximate surface area is 148 Å². The Hall–Kier alpha value is -2.05. The van der Waals surface area contributed by atoms with Gasteiger partial charge in [0.15, 0.2) is 5.11 Å². The van der Waals surface area contributed by atoms with Crippen molar-refractivity contribution in [3.8, 4) is 0 Å². The van der Waals surface area contributed by atoms with E-state index >= 15 is 0 Å². The van der Waals surface area contributed by atoms with Gasteiger partial charge in [-0.3, -0.25) is 4.98 Å². The Kier molecular flexibility index (Phi) is 6.63. The van der Waals surface area contributed by atoms with Crippen LogP contribution in [-0.2, 0) is 0 Å². The van der Waals surface area contributed by atoms with Gasteiger partial charge < -0.3 is 15.1 Å². The second-order valence-corrected chi connectivity index (χ2v) is 6.29. The fourth-order valence-electron chi connectivity index (χ4n) is 2.34. The first kappa shape index (κ1) is 18.3. The Balaban J connectivity index is 2.16. The molecule has 0 aliphatic heterocycles. The Morgan fingerprint density at radius 1 is 1.25 bits per heavy atom. The number of likely N-dealkylation sites (N-methyl/N-ethyl adjacent to an activating group) is 1. The summed E-state index contributed by atoms with van der Waals surface area (Å²) in [7, 11) is 4.05. The molecule has 0 fully saturated rings. The monoisotopic (exact) mass is 346 g/mol. The summed E-state index contributed by atoms with van der Waals surface area (Å²) in [5.74, 6) is -0.289. The molecule has 24 heavy (non-hydrogen) atoms. The molecule has 6 heteroatoms. The Morgan fingerprint density at radius 3 is 2.67 bits per heavy atom. The van der Waals surface area contributed by atoms with Crippen molar-refractivity contribution >= 4 is 23.0 Å². The molecule has 1 heterocycles. The van der Waals surface area contributed by atoms with Gasteiger partial charge in [0.2, 0.25) is 0 Å². The molecule has 0 radical (unpaired) electrons. The molecule has 128 valence electrons. The van der Waals surface area contributed by atoms with Crippen molar-refractivity contribution in [1.29, 1.82) is 0 Å². The summed E-state index contributed by atoms with van der Waals surface area (Å²) in [5, 5.41) is 3.70. The molecule has 2 aromatic rings. The minimum Gasteiger partial charge on any atom is -0.341 e. The molecule has 1 aromatic heterocycles. The van der Waals surface area contributed by atoms with E-state index in [1.165, 1.54) is 12.1 Å². The van der Waals surface area contributed by atoms with Crippen LogP contribution in [0.5, 0.6) is 0 Å². The predicted molar refractivity (Wildman–Crippen MR) is 101 cm³/mol. The average Bonchev–Trinajstić information content (AvgIpc) is 2.55. The second-order valence-electron chi connectivity index (χ2n) is 5.90. The number of nitrogens with zero attached hydrogens (tertiary/aromatic N) is 3. The molecule has 4 nitrogen and oxygen atoms in total. The van der Waals surface area contributed by atoms with Gasteiger partial charge in [-0.2, -0.15) is 0 Å². The van der Waals surface area contributed by atoms with Crippen molar-refractivity contribution in [2.75, 3.05) is 32.5 Å². The lowest BCUT2D eigenvalue weighted by molar-refractivity contribution is 0.289. The summed E-state index contributed by atoms with van der Waals surface area (Å²) >= 11 is 5.58. The van der Waals surface area contributed by atoms with Crippen LogP contribution < -0.4 is 5.32 Å². The minimum atomic E-state index is -0.289. The van der Waals surface area contributed by atoms with Crippen molar-refractivity contribution in [1.82, 2.24) is 14.8 Å². The summed E-state index contributed by atoms with van der Waals surface area (Å²) in [6, 6.07) is 10.3. The number of pyridine rings is 1. The third-order valence-corrected chi connectivity index (χ3v) is 4.10. The van der Waals surface area contributed by atoms with E-state index in [-0.39, 0.29) is 11.9 Å². The number of thiocarbonyl (C=S) groups is 1. The van der Waals surface area contributed by atoms with E-state index in [2.05, 4.69) is 27.0 Å². The van der Waals surface area contributed by atoms with Crippen molar-refractivity contribution in [2.45, 2.75) is 13.0 Å². The topological polar surface area (TPSA) is 31.4 Å². The van der Waals surface area contributed by atoms with Gasteiger partial charge in [-0.1, -0.05) is 12.1 Å². The van der Waals surface area contributed by atoms with Crippen LogP contribution in [0.15, 0.2) is 48.8 Å². The Bertz CT molecular complexity index is 663. The molecule has 0 aliphatic carbocycles. The van der Waals surface area contributed by atoms with E-state index in [1.807, 2.05) is 32.4 Å². The lowest BCUT2D eigenvalue weighted by Gasteiger charge is -2.33. The number of hydrogen-bond donors (Lipinski definition) is 1. The standard InChI is InChI=1S/C18H23FN4S/c1-14(15-6-5-9-20-13-15)23(11-10-22(2)3)18(24)21-17-8-4-7-16(19)12-17/h4-9,12-14H,10-11H2,1-3H3,(H,21,24)/t14-/m0/s1. The molecule has 0 bridgehead atoms. The van der Waals surface area contributed by atoms with E-state index in [4.69, 9.17) is 12.2 Å². The highest BCUT2D eigenvalue weighted by atomic mass is 32.1. The van der Waals surface area contributed by atoms with Gasteiger partial charge in [-0.05, 0) is 63.1 Å². The molecule has 1 N–H and O–H groups in total. The number of hydrogen-bond acceptors (Lipinski definition) is 3. The van der Waals surface area contributed by atoms with E-state index in [1.54, 1.807) is 18.3 Å². The maximum atomic E-state index is 13.4. The van der Waals surface area contributed by atoms with Crippen molar-refractivity contribution in [3.63, 3.8) is 0 Å². The van der Waals surface area contributed by atoms with Gasteiger partial charge in [0.05, 0.1) is 6.04 Å². The summed E-state index contributed by atoms with van der Waals surface area (Å²) in [6.45, 7) is 3.70. The number of nitrogens with one attached hydrogen (secondary N) is 1. The third kappa shape index (κ3) is 5.25. The highest BCUT2D eigenvalue weighted by Gasteiger charge is 2.19. The van der Waals surface area contributed by atoms with E-state index in [0.29, 0.717) is 10.8 Å². The molecular weight excluding hydrogens is 323 g/mol. The lowest BCUT2D eigenvalue weighted by atomic mass is 10.1. The summed E-state index contributed by atoms with van der Waals surface area (Å²) < 4.78 is 13.4. The molecule has 2 rings (SSSR count). The van der Waals surface area contributed by atoms with Gasteiger partial charge in [-0.15, -0.1) is 0 Å². The quantitative estimate of drug-likeness (QED) is 0.809. The zero-order valence-electron chi connectivity index (χ0n) is 14.2. The highest BCUT2D eigenvalue weighted by molar-refractivity contribution is 7.80. The van der Waals surface area contributed by atoms with Crippen LogP contribution in [0.3, 0.4) is 0 Å². The molecule has 0 amide bonds. The number of rotatable bonds is 6. The van der Waals surface area contributed by atoms with Gasteiger partial charge in [-0.25, -0.2) is 4.39 Å². The first-order valence-electron chi connectivity index (χ1n) is 7.85. The van der Waals surface area contributed by atoms with Crippen LogP contribution in [0.1, 0.15) is 18.5 Å². The smallest absolute Gasteiger partial charge is 0.173 e. The molecule has 0 unspecified atom stereocenters. The van der Waals surface area contributed by atoms with Crippen LogP contribution in [0.2, 0.25) is 0 Å². The molecule has 1 aromatic carbocycles. The first-order valence-corrected chi connectivity index (χ1v) is 8.26. The third-order valence-electron chi connectivity index (χ3n) is 3.76. The average molecular weight is 346 g/mol. The van der Waals surface area contributed by atoms with Crippen LogP contribution >= 0.6 is 12.2 Å². The largest absolute Gasteiger partial charge is 0.341 e.